The summed E-state index contributed by atoms with van der Waals surface area (Å²) in [5.41, 5.74) is 0. The largest absolute Gasteiger partial charge is 0.353 e. The minimum absolute atomic E-state index is 0.132. The van der Waals surface area contributed by atoms with Gasteiger partial charge < -0.3 is 10.6 Å². The summed E-state index contributed by atoms with van der Waals surface area (Å²) in [5.74, 6) is 1.01. The van der Waals surface area contributed by atoms with Crippen LogP contribution >= 0.6 is 0 Å². The van der Waals surface area contributed by atoms with Crippen molar-refractivity contribution in [3.8, 4) is 0 Å². The summed E-state index contributed by atoms with van der Waals surface area (Å²) < 4.78 is 1.72. The van der Waals surface area contributed by atoms with Crippen molar-refractivity contribution in [3.05, 3.63) is 12.2 Å². The monoisotopic (exact) mass is 223 g/mol. The Balaban J connectivity index is 1.57. The fourth-order valence-corrected chi connectivity index (χ4v) is 1.41. The normalized spacial score (nSPS) is 15.1. The van der Waals surface area contributed by atoms with Crippen LogP contribution in [0.2, 0.25) is 0 Å². The van der Waals surface area contributed by atoms with Gasteiger partial charge in [-0.3, -0.25) is 9.48 Å². The summed E-state index contributed by atoms with van der Waals surface area (Å²) in [5, 5.41) is 10.1. The van der Waals surface area contributed by atoms with Gasteiger partial charge in [-0.1, -0.05) is 0 Å². The number of nitrogens with one attached hydrogen (secondary N) is 2. The van der Waals surface area contributed by atoms with Gasteiger partial charge in [0.1, 0.15) is 12.2 Å². The van der Waals surface area contributed by atoms with Gasteiger partial charge in [-0.05, 0) is 12.8 Å². The highest BCUT2D eigenvalue weighted by molar-refractivity contribution is 5.76. The SMILES string of the molecule is Cn1ncnc1CNCCC(=O)NC1CC1. The lowest BCUT2D eigenvalue weighted by molar-refractivity contribution is -0.121. The van der Waals surface area contributed by atoms with E-state index in [1.54, 1.807) is 4.68 Å². The molecule has 0 saturated heterocycles. The van der Waals surface area contributed by atoms with Crippen LogP contribution in [0.3, 0.4) is 0 Å². The molecule has 1 aliphatic carbocycles. The molecular weight excluding hydrogens is 206 g/mol. The highest BCUT2D eigenvalue weighted by atomic mass is 16.1. The number of amides is 1. The van der Waals surface area contributed by atoms with Gasteiger partial charge in [0.05, 0.1) is 6.54 Å². The summed E-state index contributed by atoms with van der Waals surface area (Å²) in [6.45, 7) is 1.32. The van der Waals surface area contributed by atoms with Gasteiger partial charge in [0.2, 0.25) is 5.91 Å². The van der Waals surface area contributed by atoms with E-state index in [0.717, 1.165) is 18.7 Å². The molecule has 16 heavy (non-hydrogen) atoms. The molecule has 88 valence electrons. The molecule has 1 aromatic heterocycles. The summed E-state index contributed by atoms with van der Waals surface area (Å²) in [6, 6.07) is 0.450. The van der Waals surface area contributed by atoms with E-state index in [9.17, 15) is 4.79 Å². The van der Waals surface area contributed by atoms with Crippen molar-refractivity contribution in [2.24, 2.45) is 7.05 Å². The average Bonchev–Trinajstić information content (AvgIpc) is 2.96. The molecule has 1 saturated carbocycles. The molecule has 0 bridgehead atoms. The van der Waals surface area contributed by atoms with Crippen molar-refractivity contribution in [1.29, 1.82) is 0 Å². The molecule has 0 unspecified atom stereocenters. The van der Waals surface area contributed by atoms with E-state index in [0.29, 0.717) is 25.6 Å². The van der Waals surface area contributed by atoms with Crippen LogP contribution in [-0.4, -0.2) is 33.3 Å². The molecule has 6 heteroatoms. The molecule has 0 aromatic carbocycles. The van der Waals surface area contributed by atoms with E-state index in [4.69, 9.17) is 0 Å². The van der Waals surface area contributed by atoms with Crippen LogP contribution in [0.4, 0.5) is 0 Å². The lowest BCUT2D eigenvalue weighted by Gasteiger charge is -2.04. The number of aromatic nitrogens is 3. The fraction of sp³-hybridized carbons (Fsp3) is 0.700. The Morgan fingerprint density at radius 2 is 2.44 bits per heavy atom. The molecule has 1 heterocycles. The Morgan fingerprint density at radius 3 is 3.06 bits per heavy atom. The highest BCUT2D eigenvalue weighted by Gasteiger charge is 2.22. The standard InChI is InChI=1S/C10H17N5O/c1-15-9(12-7-13-15)6-11-5-4-10(16)14-8-2-3-8/h7-8,11H,2-6H2,1H3,(H,14,16). The van der Waals surface area contributed by atoms with E-state index in [-0.39, 0.29) is 5.91 Å². The van der Waals surface area contributed by atoms with Gasteiger partial charge in [0, 0.05) is 26.1 Å². The first-order valence-corrected chi connectivity index (χ1v) is 5.58. The third-order valence-electron chi connectivity index (χ3n) is 2.56. The number of hydrogen-bond acceptors (Lipinski definition) is 4. The highest BCUT2D eigenvalue weighted by Crippen LogP contribution is 2.18. The van der Waals surface area contributed by atoms with Gasteiger partial charge in [-0.15, -0.1) is 0 Å². The van der Waals surface area contributed by atoms with Crippen molar-refractivity contribution in [2.75, 3.05) is 6.54 Å². The van der Waals surface area contributed by atoms with Crippen molar-refractivity contribution < 1.29 is 4.79 Å². The van der Waals surface area contributed by atoms with Crippen molar-refractivity contribution in [1.82, 2.24) is 25.4 Å². The molecule has 1 amide bonds. The predicted octanol–water partition coefficient (Wildman–Crippen LogP) is -0.427. The summed E-state index contributed by atoms with van der Waals surface area (Å²) in [4.78, 5) is 15.4. The van der Waals surface area contributed by atoms with Crippen LogP contribution in [0.25, 0.3) is 0 Å². The smallest absolute Gasteiger partial charge is 0.221 e. The predicted molar refractivity (Wildman–Crippen MR) is 58.5 cm³/mol. The number of aryl methyl sites for hydroxylation is 1. The Labute approximate surface area is 94.4 Å². The summed E-state index contributed by atoms with van der Waals surface area (Å²) in [6.07, 6.45) is 4.32. The number of carbonyl (C=O) groups excluding carboxylic acids is 1. The van der Waals surface area contributed by atoms with E-state index < -0.39 is 0 Å². The lowest BCUT2D eigenvalue weighted by atomic mass is 10.4. The maximum absolute atomic E-state index is 11.3. The van der Waals surface area contributed by atoms with Crippen LogP contribution < -0.4 is 10.6 Å². The van der Waals surface area contributed by atoms with Crippen LogP contribution in [0, 0.1) is 0 Å². The molecule has 2 rings (SSSR count). The second-order valence-electron chi connectivity index (χ2n) is 4.07. The molecule has 0 radical (unpaired) electrons. The van der Waals surface area contributed by atoms with E-state index in [1.165, 1.54) is 6.33 Å². The van der Waals surface area contributed by atoms with E-state index in [1.807, 2.05) is 7.05 Å². The Hall–Kier alpha value is -1.43. The van der Waals surface area contributed by atoms with Crippen molar-refractivity contribution >= 4 is 5.91 Å². The minimum Gasteiger partial charge on any atom is -0.353 e. The molecule has 1 aromatic rings. The van der Waals surface area contributed by atoms with E-state index in [2.05, 4.69) is 20.7 Å². The summed E-state index contributed by atoms with van der Waals surface area (Å²) in [7, 11) is 1.85. The summed E-state index contributed by atoms with van der Waals surface area (Å²) >= 11 is 0. The number of carbonyl (C=O) groups is 1. The lowest BCUT2D eigenvalue weighted by Crippen LogP contribution is -2.29. The quantitative estimate of drug-likeness (QED) is 0.642. The molecule has 1 fully saturated rings. The second-order valence-corrected chi connectivity index (χ2v) is 4.07. The molecule has 6 nitrogen and oxygen atoms in total. The molecular formula is C10H17N5O. The zero-order valence-electron chi connectivity index (χ0n) is 9.44. The Bertz CT molecular complexity index is 358. The zero-order valence-corrected chi connectivity index (χ0v) is 9.44. The zero-order chi connectivity index (χ0) is 11.4. The van der Waals surface area contributed by atoms with Crippen molar-refractivity contribution in [3.63, 3.8) is 0 Å². The minimum atomic E-state index is 0.132. The topological polar surface area (TPSA) is 71.8 Å². The molecule has 1 aliphatic rings. The van der Waals surface area contributed by atoms with Gasteiger partial charge in [0.15, 0.2) is 0 Å². The first-order chi connectivity index (χ1) is 7.75. The molecule has 0 atom stereocenters. The number of nitrogens with zero attached hydrogens (tertiary/aromatic N) is 3. The third-order valence-corrected chi connectivity index (χ3v) is 2.56. The molecule has 2 N–H and O–H groups in total. The first kappa shape index (κ1) is 11.1. The van der Waals surface area contributed by atoms with Crippen LogP contribution in [0.1, 0.15) is 25.1 Å². The molecule has 0 aliphatic heterocycles. The van der Waals surface area contributed by atoms with Crippen LogP contribution in [0.5, 0.6) is 0 Å². The average molecular weight is 223 g/mol. The van der Waals surface area contributed by atoms with Gasteiger partial charge in [-0.25, -0.2) is 4.98 Å². The molecule has 0 spiro atoms. The van der Waals surface area contributed by atoms with Gasteiger partial charge in [-0.2, -0.15) is 5.10 Å². The second kappa shape index (κ2) is 5.07. The maximum atomic E-state index is 11.3. The number of hydrogen-bond donors (Lipinski definition) is 2. The Kier molecular flexibility index (Phi) is 3.51. The first-order valence-electron chi connectivity index (χ1n) is 5.58. The Morgan fingerprint density at radius 1 is 1.62 bits per heavy atom. The van der Waals surface area contributed by atoms with Crippen molar-refractivity contribution in [2.45, 2.75) is 31.8 Å². The van der Waals surface area contributed by atoms with E-state index >= 15 is 0 Å². The maximum Gasteiger partial charge on any atom is 0.221 e. The van der Waals surface area contributed by atoms with Gasteiger partial charge in [0.25, 0.3) is 0 Å². The van der Waals surface area contributed by atoms with Crippen LogP contribution in [-0.2, 0) is 18.4 Å². The number of rotatable bonds is 6. The third kappa shape index (κ3) is 3.30. The van der Waals surface area contributed by atoms with Crippen LogP contribution in [0.15, 0.2) is 6.33 Å². The fourth-order valence-electron chi connectivity index (χ4n) is 1.41. The van der Waals surface area contributed by atoms with Gasteiger partial charge >= 0.3 is 0 Å².